The summed E-state index contributed by atoms with van der Waals surface area (Å²) in [6.45, 7) is 6.28. The Hall–Kier alpha value is -2.81. The van der Waals surface area contributed by atoms with Gasteiger partial charge in [-0.25, -0.2) is 13.8 Å². The molecule has 2 heterocycles. The van der Waals surface area contributed by atoms with Gasteiger partial charge in [-0.15, -0.1) is 5.10 Å². The standard InChI is InChI=1S/C27H36F2N6O/c1-16(2)17(3)31-23-8-11-30-26-32-25(33-35(23)26)24-21(28)12-19(13-22(24)29)36-20-14-27(15-20)9-6-18(7-10-27)34(4)5/h8,11-13,16-18,20,31H,6-7,9-10,14-15H2,1-5H3. The third-order valence-electron chi connectivity index (χ3n) is 8.23. The second-order valence-corrected chi connectivity index (χ2v) is 11.3. The van der Waals surface area contributed by atoms with Gasteiger partial charge in [0.05, 0.1) is 11.7 Å². The highest BCUT2D eigenvalue weighted by Gasteiger charge is 2.47. The quantitative estimate of drug-likeness (QED) is 0.460. The van der Waals surface area contributed by atoms with E-state index >= 15 is 8.78 Å². The Morgan fingerprint density at radius 2 is 1.78 bits per heavy atom. The van der Waals surface area contributed by atoms with E-state index in [1.165, 1.54) is 42.3 Å². The van der Waals surface area contributed by atoms with Crippen molar-refractivity contribution in [3.05, 3.63) is 36.0 Å². The summed E-state index contributed by atoms with van der Waals surface area (Å²) in [5, 5.41) is 7.73. The number of aromatic nitrogens is 4. The van der Waals surface area contributed by atoms with Gasteiger partial charge in [0.15, 0.2) is 5.82 Å². The normalized spacial score (nSPS) is 24.9. The highest BCUT2D eigenvalue weighted by Crippen LogP contribution is 2.53. The Morgan fingerprint density at radius 3 is 2.39 bits per heavy atom. The summed E-state index contributed by atoms with van der Waals surface area (Å²) in [5.41, 5.74) is 0.0586. The van der Waals surface area contributed by atoms with Gasteiger partial charge in [0.2, 0.25) is 0 Å². The molecule has 1 unspecified atom stereocenters. The van der Waals surface area contributed by atoms with Crippen molar-refractivity contribution < 1.29 is 13.5 Å². The average molecular weight is 499 g/mol. The van der Waals surface area contributed by atoms with Gasteiger partial charge in [-0.1, -0.05) is 13.8 Å². The van der Waals surface area contributed by atoms with E-state index in [0.29, 0.717) is 23.2 Å². The maximum Gasteiger partial charge on any atom is 0.254 e. The van der Waals surface area contributed by atoms with Gasteiger partial charge in [0.25, 0.3) is 5.78 Å². The van der Waals surface area contributed by atoms with Crippen LogP contribution in [0.4, 0.5) is 14.6 Å². The molecular formula is C27H36F2N6O. The van der Waals surface area contributed by atoms with Crippen molar-refractivity contribution in [1.82, 2.24) is 24.5 Å². The summed E-state index contributed by atoms with van der Waals surface area (Å²) in [5.74, 6) is 0.00431. The van der Waals surface area contributed by atoms with Crippen LogP contribution in [0.2, 0.25) is 0 Å². The minimum Gasteiger partial charge on any atom is -0.490 e. The first-order chi connectivity index (χ1) is 17.1. The van der Waals surface area contributed by atoms with E-state index in [4.69, 9.17) is 4.74 Å². The number of hydrogen-bond donors (Lipinski definition) is 1. The molecule has 9 heteroatoms. The third kappa shape index (κ3) is 4.77. The van der Waals surface area contributed by atoms with Crippen molar-refractivity contribution in [3.63, 3.8) is 0 Å². The van der Waals surface area contributed by atoms with Gasteiger partial charge in [-0.3, -0.25) is 0 Å². The van der Waals surface area contributed by atoms with E-state index in [1.807, 2.05) is 0 Å². The van der Waals surface area contributed by atoms with Crippen LogP contribution >= 0.6 is 0 Å². The van der Waals surface area contributed by atoms with E-state index < -0.39 is 11.6 Å². The summed E-state index contributed by atoms with van der Waals surface area (Å²) >= 11 is 0. The second kappa shape index (κ2) is 9.57. The van der Waals surface area contributed by atoms with E-state index in [0.717, 1.165) is 12.8 Å². The van der Waals surface area contributed by atoms with Crippen LogP contribution in [0.5, 0.6) is 5.75 Å². The van der Waals surface area contributed by atoms with Crippen molar-refractivity contribution in [2.45, 2.75) is 77.5 Å². The SMILES string of the molecule is CC(C)C(C)Nc1ccnc2nc(-c3c(F)cc(OC4CC5(CCC(N(C)C)CC5)C4)cc3F)nn12. The molecule has 0 radical (unpaired) electrons. The smallest absolute Gasteiger partial charge is 0.254 e. The van der Waals surface area contributed by atoms with Crippen molar-refractivity contribution in [2.24, 2.45) is 11.3 Å². The van der Waals surface area contributed by atoms with Crippen LogP contribution in [0.1, 0.15) is 59.3 Å². The Morgan fingerprint density at radius 1 is 1.11 bits per heavy atom. The lowest BCUT2D eigenvalue weighted by Gasteiger charge is -2.51. The lowest BCUT2D eigenvalue weighted by atomic mass is 9.58. The van der Waals surface area contributed by atoms with E-state index in [1.54, 1.807) is 12.3 Å². The molecule has 0 bridgehead atoms. The molecule has 5 rings (SSSR count). The third-order valence-corrected chi connectivity index (χ3v) is 8.23. The van der Waals surface area contributed by atoms with Gasteiger partial charge in [0.1, 0.15) is 23.2 Å². The van der Waals surface area contributed by atoms with Gasteiger partial charge < -0.3 is 15.0 Å². The van der Waals surface area contributed by atoms with Gasteiger partial charge >= 0.3 is 0 Å². The average Bonchev–Trinajstić information content (AvgIpc) is 3.22. The lowest BCUT2D eigenvalue weighted by molar-refractivity contribution is -0.0507. The molecule has 36 heavy (non-hydrogen) atoms. The number of anilines is 1. The number of nitrogens with zero attached hydrogens (tertiary/aromatic N) is 5. The fourth-order valence-corrected chi connectivity index (χ4v) is 5.56. The van der Waals surface area contributed by atoms with Crippen molar-refractivity contribution in [3.8, 4) is 17.1 Å². The molecule has 2 aromatic heterocycles. The molecular weight excluding hydrogens is 462 g/mol. The Labute approximate surface area is 211 Å². The maximum atomic E-state index is 15.1. The molecule has 2 aliphatic carbocycles. The Kier molecular flexibility index (Phi) is 6.61. The van der Waals surface area contributed by atoms with Gasteiger partial charge in [-0.05, 0) is 76.9 Å². The van der Waals surface area contributed by atoms with Crippen LogP contribution in [-0.4, -0.2) is 56.8 Å². The van der Waals surface area contributed by atoms with Crippen LogP contribution in [0, 0.1) is 23.0 Å². The number of rotatable bonds is 7. The predicted molar refractivity (Wildman–Crippen MR) is 136 cm³/mol. The number of fused-ring (bicyclic) bond motifs is 1. The number of ether oxygens (including phenoxy) is 1. The number of halogens is 2. The molecule has 2 aliphatic rings. The van der Waals surface area contributed by atoms with Crippen LogP contribution in [0.25, 0.3) is 17.2 Å². The first-order valence-electron chi connectivity index (χ1n) is 12.9. The summed E-state index contributed by atoms with van der Waals surface area (Å²) in [6.07, 6.45) is 8.28. The molecule has 1 aromatic carbocycles. The molecule has 2 saturated carbocycles. The molecule has 1 spiro atoms. The summed E-state index contributed by atoms with van der Waals surface area (Å²) < 4.78 is 37.7. The predicted octanol–water partition coefficient (Wildman–Crippen LogP) is 5.56. The second-order valence-electron chi connectivity index (χ2n) is 11.3. The fourth-order valence-electron chi connectivity index (χ4n) is 5.56. The molecule has 194 valence electrons. The first kappa shape index (κ1) is 24.9. The Balaban J connectivity index is 1.30. The highest BCUT2D eigenvalue weighted by atomic mass is 19.1. The minimum absolute atomic E-state index is 0.000320. The molecule has 0 aliphatic heterocycles. The van der Waals surface area contributed by atoms with Crippen molar-refractivity contribution in [2.75, 3.05) is 19.4 Å². The highest BCUT2D eigenvalue weighted by molar-refractivity contribution is 5.61. The van der Waals surface area contributed by atoms with Gasteiger partial charge in [0, 0.05) is 30.4 Å². The Bertz CT molecular complexity index is 1200. The zero-order valence-electron chi connectivity index (χ0n) is 21.8. The number of nitrogens with one attached hydrogen (secondary N) is 1. The summed E-state index contributed by atoms with van der Waals surface area (Å²) in [6, 6.07) is 5.07. The summed E-state index contributed by atoms with van der Waals surface area (Å²) in [4.78, 5) is 10.8. The first-order valence-corrected chi connectivity index (χ1v) is 12.9. The molecule has 0 saturated heterocycles. The largest absolute Gasteiger partial charge is 0.490 e. The minimum atomic E-state index is -0.744. The molecule has 2 fully saturated rings. The molecule has 7 nitrogen and oxygen atoms in total. The van der Waals surface area contributed by atoms with Gasteiger partial charge in [-0.2, -0.15) is 9.50 Å². The van der Waals surface area contributed by atoms with E-state index in [-0.39, 0.29) is 35.1 Å². The lowest BCUT2D eigenvalue weighted by Crippen LogP contribution is -2.48. The van der Waals surface area contributed by atoms with Crippen LogP contribution < -0.4 is 10.1 Å². The molecule has 0 amide bonds. The molecule has 3 aromatic rings. The number of hydrogen-bond acceptors (Lipinski definition) is 6. The van der Waals surface area contributed by atoms with Crippen molar-refractivity contribution in [1.29, 1.82) is 0 Å². The number of benzene rings is 1. The zero-order valence-corrected chi connectivity index (χ0v) is 21.8. The van der Waals surface area contributed by atoms with Crippen LogP contribution in [-0.2, 0) is 0 Å². The van der Waals surface area contributed by atoms with Crippen LogP contribution in [0.15, 0.2) is 24.4 Å². The molecule has 1 N–H and O–H groups in total. The summed E-state index contributed by atoms with van der Waals surface area (Å²) in [7, 11) is 4.28. The maximum absolute atomic E-state index is 15.1. The topological polar surface area (TPSA) is 67.6 Å². The van der Waals surface area contributed by atoms with E-state index in [2.05, 4.69) is 60.1 Å². The monoisotopic (exact) mass is 498 g/mol. The van der Waals surface area contributed by atoms with Crippen molar-refractivity contribution >= 4 is 11.6 Å². The fraction of sp³-hybridized carbons (Fsp3) is 0.593. The van der Waals surface area contributed by atoms with E-state index in [9.17, 15) is 0 Å². The van der Waals surface area contributed by atoms with Crippen LogP contribution in [0.3, 0.4) is 0 Å². The zero-order chi connectivity index (χ0) is 25.6. The molecule has 1 atom stereocenters.